The number of primary amides is 1. The van der Waals surface area contributed by atoms with Crippen molar-refractivity contribution in [3.05, 3.63) is 40.2 Å². The first-order valence-corrected chi connectivity index (χ1v) is 7.54. The number of nitrogens with two attached hydrogens (primary N) is 1. The number of nitrogens with one attached hydrogen (secondary N) is 1. The summed E-state index contributed by atoms with van der Waals surface area (Å²) in [5, 5.41) is 0. The molecule has 0 spiro atoms. The number of nitrogens with zero attached hydrogens (tertiary/aromatic N) is 3. The summed E-state index contributed by atoms with van der Waals surface area (Å²) in [6.45, 7) is 1.84. The van der Waals surface area contributed by atoms with Gasteiger partial charge in [-0.2, -0.15) is 0 Å². The molecule has 25 heavy (non-hydrogen) atoms. The van der Waals surface area contributed by atoms with Gasteiger partial charge in [-0.3, -0.25) is 4.79 Å². The van der Waals surface area contributed by atoms with Crippen molar-refractivity contribution in [3.8, 4) is 17.2 Å². The van der Waals surface area contributed by atoms with Crippen LogP contribution >= 0.6 is 0 Å². The zero-order chi connectivity index (χ0) is 18.1. The van der Waals surface area contributed by atoms with Gasteiger partial charge in [0.1, 0.15) is 11.3 Å². The minimum Gasteiger partial charge on any atom is -0.493 e. The molecular weight excluding hydrogens is 326 g/mol. The zero-order valence-corrected chi connectivity index (χ0v) is 14.0. The van der Waals surface area contributed by atoms with E-state index in [1.807, 2.05) is 6.92 Å². The van der Waals surface area contributed by atoms with Gasteiger partial charge in [-0.05, 0) is 12.1 Å². The molecule has 9 heteroatoms. The Morgan fingerprint density at radius 1 is 1.24 bits per heavy atom. The second kappa shape index (κ2) is 6.27. The Kier molecular flexibility index (Phi) is 4.14. The molecule has 3 N–H and O–H groups in total. The van der Waals surface area contributed by atoms with Crippen molar-refractivity contribution in [2.75, 3.05) is 14.2 Å². The van der Waals surface area contributed by atoms with Crippen LogP contribution in [-0.4, -0.2) is 39.6 Å². The van der Waals surface area contributed by atoms with Gasteiger partial charge in [0.15, 0.2) is 22.8 Å². The first-order chi connectivity index (χ1) is 12.0. The van der Waals surface area contributed by atoms with E-state index in [1.54, 1.807) is 18.2 Å². The Morgan fingerprint density at radius 3 is 2.56 bits per heavy atom. The predicted octanol–water partition coefficient (Wildman–Crippen LogP) is 0.787. The van der Waals surface area contributed by atoms with Crippen molar-refractivity contribution in [3.63, 3.8) is 0 Å². The van der Waals surface area contributed by atoms with Gasteiger partial charge in [-0.15, -0.1) is 0 Å². The van der Waals surface area contributed by atoms with Crippen molar-refractivity contribution in [1.82, 2.24) is 19.5 Å². The topological polar surface area (TPSA) is 125 Å². The van der Waals surface area contributed by atoms with Crippen LogP contribution in [-0.2, 0) is 6.42 Å². The molecule has 0 bridgehead atoms. The standard InChI is InChI=1S/C16H17N5O4/c1-4-11-18-12(14(17)22)13-15(19-11)21(16(23)20-13)8-5-6-9(24-2)10(7-8)25-3/h5-7H,4H2,1-3H3,(H2,17,22)(H,20,23). The van der Waals surface area contributed by atoms with Crippen LogP contribution in [0.15, 0.2) is 23.0 Å². The van der Waals surface area contributed by atoms with Gasteiger partial charge < -0.3 is 20.2 Å². The summed E-state index contributed by atoms with van der Waals surface area (Å²) in [4.78, 5) is 35.3. The summed E-state index contributed by atoms with van der Waals surface area (Å²) in [6.07, 6.45) is 0.488. The highest BCUT2D eigenvalue weighted by atomic mass is 16.5. The van der Waals surface area contributed by atoms with Crippen molar-refractivity contribution >= 4 is 17.1 Å². The number of carbonyl (C=O) groups is 1. The number of ether oxygens (including phenoxy) is 2. The molecule has 1 amide bonds. The molecule has 0 saturated carbocycles. The summed E-state index contributed by atoms with van der Waals surface area (Å²) in [6, 6.07) is 5.01. The second-order valence-corrected chi connectivity index (χ2v) is 5.21. The van der Waals surface area contributed by atoms with E-state index < -0.39 is 11.6 Å². The molecule has 0 atom stereocenters. The molecule has 0 fully saturated rings. The summed E-state index contributed by atoms with van der Waals surface area (Å²) < 4.78 is 11.8. The third kappa shape index (κ3) is 2.69. The van der Waals surface area contributed by atoms with E-state index in [1.165, 1.54) is 18.8 Å². The van der Waals surface area contributed by atoms with E-state index >= 15 is 0 Å². The number of aromatic amines is 1. The number of hydrogen-bond acceptors (Lipinski definition) is 6. The first kappa shape index (κ1) is 16.5. The van der Waals surface area contributed by atoms with Crippen LogP contribution in [0, 0.1) is 0 Å². The van der Waals surface area contributed by atoms with E-state index in [-0.39, 0.29) is 16.9 Å². The highest BCUT2D eigenvalue weighted by Crippen LogP contribution is 2.29. The molecule has 0 aliphatic heterocycles. The lowest BCUT2D eigenvalue weighted by Gasteiger charge is -2.10. The first-order valence-electron chi connectivity index (χ1n) is 7.54. The maximum absolute atomic E-state index is 12.5. The number of benzene rings is 1. The summed E-state index contributed by atoms with van der Waals surface area (Å²) in [5.41, 5.74) is 5.89. The average molecular weight is 343 g/mol. The molecule has 1 aromatic carbocycles. The smallest absolute Gasteiger partial charge is 0.332 e. The van der Waals surface area contributed by atoms with Crippen LogP contribution in [0.3, 0.4) is 0 Å². The van der Waals surface area contributed by atoms with Gasteiger partial charge in [0.25, 0.3) is 5.91 Å². The molecule has 9 nitrogen and oxygen atoms in total. The minimum atomic E-state index is -0.734. The van der Waals surface area contributed by atoms with E-state index in [9.17, 15) is 9.59 Å². The van der Waals surface area contributed by atoms with Crippen LogP contribution < -0.4 is 20.9 Å². The molecule has 0 aliphatic carbocycles. The number of carbonyl (C=O) groups excluding carboxylic acids is 1. The van der Waals surface area contributed by atoms with Crippen molar-refractivity contribution in [2.45, 2.75) is 13.3 Å². The molecule has 0 radical (unpaired) electrons. The number of imidazole rings is 1. The largest absolute Gasteiger partial charge is 0.493 e. The molecule has 2 aromatic heterocycles. The van der Waals surface area contributed by atoms with E-state index in [4.69, 9.17) is 15.2 Å². The molecule has 0 unspecified atom stereocenters. The summed E-state index contributed by atoms with van der Waals surface area (Å²) in [5.74, 6) is 0.666. The Bertz CT molecular complexity index is 1020. The Morgan fingerprint density at radius 2 is 1.96 bits per heavy atom. The number of methoxy groups -OCH3 is 2. The van der Waals surface area contributed by atoms with Crippen LogP contribution in [0.1, 0.15) is 23.2 Å². The molecular formula is C16H17N5O4. The zero-order valence-electron chi connectivity index (χ0n) is 14.0. The van der Waals surface area contributed by atoms with Gasteiger partial charge in [-0.1, -0.05) is 6.92 Å². The quantitative estimate of drug-likeness (QED) is 0.705. The van der Waals surface area contributed by atoms with Gasteiger partial charge in [0, 0.05) is 12.5 Å². The SMILES string of the molecule is CCc1nc(C(N)=O)c2[nH]c(=O)n(-c3ccc(OC)c(OC)c3)c2n1. The minimum absolute atomic E-state index is 0.0156. The lowest BCUT2D eigenvalue weighted by atomic mass is 10.2. The molecule has 2 heterocycles. The number of hydrogen-bond donors (Lipinski definition) is 2. The van der Waals surface area contributed by atoms with Crippen LogP contribution in [0.2, 0.25) is 0 Å². The van der Waals surface area contributed by atoms with Gasteiger partial charge in [0.2, 0.25) is 0 Å². The number of rotatable bonds is 5. The fraction of sp³-hybridized carbons (Fsp3) is 0.250. The third-order valence-electron chi connectivity index (χ3n) is 3.76. The number of aryl methyl sites for hydroxylation is 1. The fourth-order valence-corrected chi connectivity index (χ4v) is 2.57. The molecule has 0 aliphatic rings. The Balaban J connectivity index is 2.34. The summed E-state index contributed by atoms with van der Waals surface area (Å²) >= 11 is 0. The van der Waals surface area contributed by atoms with E-state index in [0.717, 1.165) is 0 Å². The lowest BCUT2D eigenvalue weighted by Crippen LogP contribution is -2.16. The molecule has 3 rings (SSSR count). The Labute approximate surface area is 142 Å². The van der Waals surface area contributed by atoms with Crippen LogP contribution in [0.5, 0.6) is 11.5 Å². The second-order valence-electron chi connectivity index (χ2n) is 5.21. The van der Waals surface area contributed by atoms with Crippen LogP contribution in [0.25, 0.3) is 16.9 Å². The lowest BCUT2D eigenvalue weighted by molar-refractivity contribution is 0.0996. The highest BCUT2D eigenvalue weighted by molar-refractivity contribution is 6.01. The van der Waals surface area contributed by atoms with Gasteiger partial charge in [0.05, 0.1) is 19.9 Å². The van der Waals surface area contributed by atoms with E-state index in [2.05, 4.69) is 15.0 Å². The number of fused-ring (bicyclic) bond motifs is 1. The van der Waals surface area contributed by atoms with Crippen molar-refractivity contribution < 1.29 is 14.3 Å². The fourth-order valence-electron chi connectivity index (χ4n) is 2.57. The predicted molar refractivity (Wildman–Crippen MR) is 90.5 cm³/mol. The highest BCUT2D eigenvalue weighted by Gasteiger charge is 2.19. The Hall–Kier alpha value is -3.36. The summed E-state index contributed by atoms with van der Waals surface area (Å²) in [7, 11) is 3.03. The third-order valence-corrected chi connectivity index (χ3v) is 3.76. The monoisotopic (exact) mass is 343 g/mol. The van der Waals surface area contributed by atoms with Gasteiger partial charge in [-0.25, -0.2) is 19.3 Å². The van der Waals surface area contributed by atoms with Crippen molar-refractivity contribution in [2.24, 2.45) is 5.73 Å². The number of H-pyrrole nitrogens is 1. The number of aromatic nitrogens is 4. The van der Waals surface area contributed by atoms with Gasteiger partial charge >= 0.3 is 5.69 Å². The molecule has 0 saturated heterocycles. The normalized spacial score (nSPS) is 10.8. The van der Waals surface area contributed by atoms with E-state index in [0.29, 0.717) is 29.4 Å². The van der Waals surface area contributed by atoms with Crippen LogP contribution in [0.4, 0.5) is 0 Å². The molecule has 130 valence electrons. The maximum atomic E-state index is 12.5. The van der Waals surface area contributed by atoms with Crippen molar-refractivity contribution in [1.29, 1.82) is 0 Å². The maximum Gasteiger partial charge on any atom is 0.332 e. The average Bonchev–Trinajstić information content (AvgIpc) is 2.95. The number of amides is 1. The molecule has 3 aromatic rings.